The van der Waals surface area contributed by atoms with Gasteiger partial charge in [-0.2, -0.15) is 0 Å². The van der Waals surface area contributed by atoms with Crippen molar-refractivity contribution in [1.82, 2.24) is 20.4 Å². The van der Waals surface area contributed by atoms with Crippen LogP contribution in [0.25, 0.3) is 0 Å². The van der Waals surface area contributed by atoms with Crippen LogP contribution in [0.3, 0.4) is 0 Å². The molecule has 0 saturated heterocycles. The molecule has 0 aliphatic rings. The second-order valence-corrected chi connectivity index (χ2v) is 18.8. The number of hydrogen-bond donors (Lipinski definition) is 6. The molecule has 0 heterocycles. The summed E-state index contributed by atoms with van der Waals surface area (Å²) < 4.78 is 0. The van der Waals surface area contributed by atoms with Crippen LogP contribution < -0.4 is 33.6 Å². The molecule has 0 fully saturated rings. The zero-order valence-corrected chi connectivity index (χ0v) is 43.0. The molecule has 386 valence electrons. The Kier molecular flexibility index (Phi) is 46.6. The maximum absolute atomic E-state index is 13.3. The van der Waals surface area contributed by atoms with Crippen LogP contribution in [0, 0.1) is 0 Å². The highest BCUT2D eigenvalue weighted by Crippen LogP contribution is 2.13. The second kappa shape index (κ2) is 48.6. The van der Waals surface area contributed by atoms with E-state index in [1.807, 2.05) is 0 Å². The first-order valence-corrected chi connectivity index (χ1v) is 27.5. The molecule has 0 aliphatic heterocycles. The molecule has 12 nitrogen and oxygen atoms in total. The highest BCUT2D eigenvalue weighted by Gasteiger charge is 2.22. The van der Waals surface area contributed by atoms with Crippen LogP contribution in [0.5, 0.6) is 0 Å². The molecule has 2 atom stereocenters. The van der Waals surface area contributed by atoms with Crippen molar-refractivity contribution < 1.29 is 19.2 Å². The van der Waals surface area contributed by atoms with Gasteiger partial charge in [-0.1, -0.05) is 141 Å². The Morgan fingerprint density at radius 2 is 0.697 bits per heavy atom. The molecule has 0 radical (unpaired) electrons. The first kappa shape index (κ1) is 63.2. The predicted molar refractivity (Wildman–Crippen MR) is 280 cm³/mol. The molecular formula is C54H106N8O4. The van der Waals surface area contributed by atoms with Gasteiger partial charge in [-0.3, -0.25) is 19.2 Å². The van der Waals surface area contributed by atoms with Crippen LogP contribution in [-0.4, -0.2) is 97.9 Å². The summed E-state index contributed by atoms with van der Waals surface area (Å²) in [5, 5.41) is 6.06. The van der Waals surface area contributed by atoms with Crippen molar-refractivity contribution in [3.63, 3.8) is 0 Å². The topological polar surface area (TPSA) is 203 Å². The van der Waals surface area contributed by atoms with Crippen LogP contribution in [0.15, 0.2) is 24.3 Å². The Morgan fingerprint density at radius 3 is 1.02 bits per heavy atom. The van der Waals surface area contributed by atoms with Crippen molar-refractivity contribution in [1.29, 1.82) is 0 Å². The third-order valence-electron chi connectivity index (χ3n) is 12.5. The maximum atomic E-state index is 13.3. The van der Waals surface area contributed by atoms with Crippen LogP contribution >= 0.6 is 0 Å². The summed E-state index contributed by atoms with van der Waals surface area (Å²) in [5.74, 6) is -0.173. The lowest BCUT2D eigenvalue weighted by Gasteiger charge is -2.28. The van der Waals surface area contributed by atoms with Gasteiger partial charge in [0.1, 0.15) is 0 Å². The summed E-state index contributed by atoms with van der Waals surface area (Å²) in [4.78, 5) is 55.2. The molecule has 0 bridgehead atoms. The second-order valence-electron chi connectivity index (χ2n) is 18.8. The normalized spacial score (nSPS) is 12.5. The minimum atomic E-state index is -0.676. The van der Waals surface area contributed by atoms with E-state index in [1.54, 1.807) is 9.80 Å². The monoisotopic (exact) mass is 931 g/mol. The molecule has 66 heavy (non-hydrogen) atoms. The summed E-state index contributed by atoms with van der Waals surface area (Å²) in [6, 6.07) is -1.35. The highest BCUT2D eigenvalue weighted by atomic mass is 16.2. The highest BCUT2D eigenvalue weighted by molar-refractivity contribution is 5.82. The lowest BCUT2D eigenvalue weighted by molar-refractivity contribution is -0.134. The van der Waals surface area contributed by atoms with Gasteiger partial charge in [-0.25, -0.2) is 0 Å². The molecule has 0 aromatic heterocycles. The van der Waals surface area contributed by atoms with E-state index in [9.17, 15) is 19.2 Å². The Morgan fingerprint density at radius 1 is 0.409 bits per heavy atom. The van der Waals surface area contributed by atoms with Gasteiger partial charge >= 0.3 is 0 Å². The molecule has 4 amide bonds. The lowest BCUT2D eigenvalue weighted by Crippen LogP contribution is -2.47. The molecule has 0 rings (SSSR count). The third kappa shape index (κ3) is 40.3. The Labute approximate surface area is 405 Å². The summed E-state index contributed by atoms with van der Waals surface area (Å²) in [6.07, 6.45) is 45.7. The smallest absolute Gasteiger partial charge is 0.239 e. The maximum Gasteiger partial charge on any atom is 0.239 e. The average Bonchev–Trinajstić information content (AvgIpc) is 3.31. The van der Waals surface area contributed by atoms with Crippen molar-refractivity contribution in [2.24, 2.45) is 22.9 Å². The van der Waals surface area contributed by atoms with E-state index in [0.717, 1.165) is 51.4 Å². The largest absolute Gasteiger partial charge is 0.356 e. The number of unbranched alkanes of at least 4 members (excludes halogenated alkanes) is 23. The minimum Gasteiger partial charge on any atom is -0.356 e. The SMILES string of the molecule is CCCCCCCC/C=C\CCCCCCCC(=O)NCCCN(CCCCN(CCCNC(=O)CCCCCCC/C=C\CCCCCCCC)C(=O)[C@@H](N)CCN)C(=O)C(N)CCN. The molecular weight excluding hydrogens is 825 g/mol. The fraction of sp³-hybridized carbons (Fsp3) is 0.852. The van der Waals surface area contributed by atoms with E-state index in [2.05, 4.69) is 48.8 Å². The molecule has 0 aromatic carbocycles. The summed E-state index contributed by atoms with van der Waals surface area (Å²) in [7, 11) is 0. The van der Waals surface area contributed by atoms with Gasteiger partial charge in [-0.15, -0.1) is 0 Å². The van der Waals surface area contributed by atoms with E-state index in [0.29, 0.717) is 104 Å². The molecule has 0 aromatic rings. The zero-order valence-electron chi connectivity index (χ0n) is 43.0. The Balaban J connectivity index is 4.49. The van der Waals surface area contributed by atoms with Gasteiger partial charge in [0.25, 0.3) is 0 Å². The summed E-state index contributed by atoms with van der Waals surface area (Å²) >= 11 is 0. The summed E-state index contributed by atoms with van der Waals surface area (Å²) in [5.41, 5.74) is 23.8. The van der Waals surface area contributed by atoms with Crippen LogP contribution in [0.1, 0.15) is 232 Å². The van der Waals surface area contributed by atoms with Crippen molar-refractivity contribution in [2.45, 2.75) is 244 Å². The molecule has 12 heteroatoms. The number of carbonyl (C=O) groups is 4. The van der Waals surface area contributed by atoms with Crippen LogP contribution in [-0.2, 0) is 19.2 Å². The van der Waals surface area contributed by atoms with Gasteiger partial charge in [0, 0.05) is 52.1 Å². The van der Waals surface area contributed by atoms with Crippen molar-refractivity contribution in [3.8, 4) is 0 Å². The molecule has 0 aliphatic carbocycles. The van der Waals surface area contributed by atoms with E-state index >= 15 is 0 Å². The van der Waals surface area contributed by atoms with Crippen molar-refractivity contribution in [2.75, 3.05) is 52.4 Å². The van der Waals surface area contributed by atoms with Crippen LogP contribution in [0.2, 0.25) is 0 Å². The number of nitrogens with one attached hydrogen (secondary N) is 2. The predicted octanol–water partition coefficient (Wildman–Crippen LogP) is 9.86. The number of nitrogens with two attached hydrogens (primary N) is 4. The van der Waals surface area contributed by atoms with E-state index in [4.69, 9.17) is 22.9 Å². The number of hydrogen-bond acceptors (Lipinski definition) is 8. The fourth-order valence-electron chi connectivity index (χ4n) is 8.23. The zero-order chi connectivity index (χ0) is 48.6. The van der Waals surface area contributed by atoms with Crippen molar-refractivity contribution >= 4 is 23.6 Å². The lowest BCUT2D eigenvalue weighted by atomic mass is 10.1. The summed E-state index contributed by atoms with van der Waals surface area (Å²) in [6.45, 7) is 8.09. The Hall–Kier alpha value is -2.80. The third-order valence-corrected chi connectivity index (χ3v) is 12.5. The van der Waals surface area contributed by atoms with Gasteiger partial charge in [0.05, 0.1) is 12.1 Å². The van der Waals surface area contributed by atoms with Crippen molar-refractivity contribution in [3.05, 3.63) is 24.3 Å². The standard InChI is InChI=1S/C54H106N8O4/c1-3-5-7-9-11-13-15-17-19-21-23-25-27-29-31-37-51(63)59-43-35-47-61(53(65)49(57)39-41-55)45-33-34-46-62(54(66)50(58)40-42-56)48-36-44-60-52(64)38-32-30-28-26-24-22-20-18-16-14-12-10-8-6-4-2/h17-20,49-50H,3-16,21-48,55-58H2,1-2H3,(H,59,63)(H,60,64)/b19-17-,20-18-/t49-,50?/m0/s1. The minimum absolute atomic E-state index is 0.0564. The van der Waals surface area contributed by atoms with E-state index in [1.165, 1.54) is 116 Å². The number of nitrogens with zero attached hydrogens (tertiary/aromatic N) is 2. The number of rotatable bonds is 49. The average molecular weight is 931 g/mol. The number of allylic oxidation sites excluding steroid dienone is 4. The van der Waals surface area contributed by atoms with E-state index in [-0.39, 0.29) is 23.6 Å². The number of carbonyl (C=O) groups excluding carboxylic acids is 4. The Bertz CT molecular complexity index is 1110. The fourth-order valence-corrected chi connectivity index (χ4v) is 8.23. The van der Waals surface area contributed by atoms with E-state index < -0.39 is 12.1 Å². The molecule has 1 unspecified atom stereocenters. The van der Waals surface area contributed by atoms with Gasteiger partial charge in [-0.05, 0) is 116 Å². The molecule has 10 N–H and O–H groups in total. The first-order chi connectivity index (χ1) is 32.2. The van der Waals surface area contributed by atoms with Gasteiger partial charge in [0.15, 0.2) is 0 Å². The first-order valence-electron chi connectivity index (χ1n) is 27.5. The quantitative estimate of drug-likeness (QED) is 0.0255. The molecule has 0 saturated carbocycles. The molecule has 0 spiro atoms. The van der Waals surface area contributed by atoms with Crippen LogP contribution in [0.4, 0.5) is 0 Å². The van der Waals surface area contributed by atoms with Gasteiger partial charge in [0.2, 0.25) is 23.6 Å². The number of amides is 4. The van der Waals surface area contributed by atoms with Gasteiger partial charge < -0.3 is 43.4 Å².